The van der Waals surface area contributed by atoms with Crippen LogP contribution in [-0.2, 0) is 4.79 Å². The van der Waals surface area contributed by atoms with Crippen LogP contribution >= 0.6 is 27.5 Å². The molecule has 1 unspecified atom stereocenters. The summed E-state index contributed by atoms with van der Waals surface area (Å²) in [7, 11) is 1.46. The number of hydrogen-bond acceptors (Lipinski definition) is 6. The van der Waals surface area contributed by atoms with Crippen LogP contribution in [0.15, 0.2) is 76.3 Å². The van der Waals surface area contributed by atoms with Crippen molar-refractivity contribution in [3.63, 3.8) is 0 Å². The first-order chi connectivity index (χ1) is 15.9. The lowest BCUT2D eigenvalue weighted by Crippen LogP contribution is -2.33. The lowest BCUT2D eigenvalue weighted by molar-refractivity contribution is -0.127. The molecule has 0 heterocycles. The van der Waals surface area contributed by atoms with Gasteiger partial charge in [0.05, 0.1) is 18.9 Å². The summed E-state index contributed by atoms with van der Waals surface area (Å²) in [6.07, 6.45) is 0.699. The van der Waals surface area contributed by atoms with Gasteiger partial charge in [-0.2, -0.15) is 5.10 Å². The second-order valence-corrected chi connectivity index (χ2v) is 8.11. The zero-order chi connectivity index (χ0) is 23.8. The quantitative estimate of drug-likeness (QED) is 0.186. The fraction of sp³-hybridized carbons (Fsp3) is 0.125. The molecular weight excluding hydrogens is 512 g/mol. The molecule has 0 saturated heterocycles. The number of amides is 1. The summed E-state index contributed by atoms with van der Waals surface area (Å²) in [6.45, 7) is 1.62. The van der Waals surface area contributed by atoms with Gasteiger partial charge in [0.15, 0.2) is 17.6 Å². The number of benzene rings is 3. The molecule has 1 atom stereocenters. The molecule has 1 N–H and O–H groups in total. The van der Waals surface area contributed by atoms with Crippen LogP contribution in [0, 0.1) is 0 Å². The molecule has 33 heavy (non-hydrogen) atoms. The van der Waals surface area contributed by atoms with Crippen molar-refractivity contribution < 1.29 is 23.8 Å². The third kappa shape index (κ3) is 7.06. The molecule has 9 heteroatoms. The molecule has 0 bridgehead atoms. The molecule has 0 aliphatic rings. The van der Waals surface area contributed by atoms with E-state index in [0.717, 1.165) is 4.47 Å². The highest BCUT2D eigenvalue weighted by Crippen LogP contribution is 2.28. The number of carbonyl (C=O) groups excluding carboxylic acids is 2. The van der Waals surface area contributed by atoms with Crippen LogP contribution in [0.3, 0.4) is 0 Å². The van der Waals surface area contributed by atoms with Crippen molar-refractivity contribution >= 4 is 45.6 Å². The molecule has 0 radical (unpaired) electrons. The molecule has 3 aromatic rings. The number of halogens is 2. The summed E-state index contributed by atoms with van der Waals surface area (Å²) in [5.41, 5.74) is 3.41. The van der Waals surface area contributed by atoms with Gasteiger partial charge in [0.25, 0.3) is 5.91 Å². The maximum atomic E-state index is 12.3. The van der Waals surface area contributed by atoms with Crippen molar-refractivity contribution in [3.05, 3.63) is 87.4 Å². The van der Waals surface area contributed by atoms with Gasteiger partial charge in [0.2, 0.25) is 0 Å². The van der Waals surface area contributed by atoms with Gasteiger partial charge in [-0.05, 0) is 79.2 Å². The Hall–Kier alpha value is -3.36. The van der Waals surface area contributed by atoms with Crippen LogP contribution in [0.5, 0.6) is 17.2 Å². The van der Waals surface area contributed by atoms with E-state index in [1.54, 1.807) is 61.5 Å². The predicted octanol–water partition coefficient (Wildman–Crippen LogP) is 5.25. The van der Waals surface area contributed by atoms with Crippen molar-refractivity contribution in [2.75, 3.05) is 7.11 Å². The largest absolute Gasteiger partial charge is 0.493 e. The smallest absolute Gasteiger partial charge is 0.343 e. The van der Waals surface area contributed by atoms with Crippen molar-refractivity contribution in [2.45, 2.75) is 13.0 Å². The third-order valence-electron chi connectivity index (χ3n) is 4.35. The van der Waals surface area contributed by atoms with E-state index in [2.05, 4.69) is 26.5 Å². The van der Waals surface area contributed by atoms with E-state index in [-0.39, 0.29) is 5.75 Å². The zero-order valence-electron chi connectivity index (χ0n) is 17.7. The fourth-order valence-corrected chi connectivity index (χ4v) is 3.02. The van der Waals surface area contributed by atoms with Crippen LogP contribution in [0.4, 0.5) is 0 Å². The SMILES string of the molecule is COc1cc(/C=N/NC(=O)C(C)Oc2ccc(Br)cc2)ccc1OC(=O)c1ccc(Cl)cc1. The predicted molar refractivity (Wildman–Crippen MR) is 129 cm³/mol. The number of ether oxygens (including phenoxy) is 3. The summed E-state index contributed by atoms with van der Waals surface area (Å²) in [5, 5.41) is 4.47. The highest BCUT2D eigenvalue weighted by molar-refractivity contribution is 9.10. The Labute approximate surface area is 204 Å². The number of carbonyl (C=O) groups is 2. The number of methoxy groups -OCH3 is 1. The minimum Gasteiger partial charge on any atom is -0.493 e. The van der Waals surface area contributed by atoms with Gasteiger partial charge in [-0.1, -0.05) is 27.5 Å². The zero-order valence-corrected chi connectivity index (χ0v) is 20.1. The van der Waals surface area contributed by atoms with E-state index < -0.39 is 18.0 Å². The maximum absolute atomic E-state index is 12.3. The van der Waals surface area contributed by atoms with Gasteiger partial charge in [-0.25, -0.2) is 10.2 Å². The van der Waals surface area contributed by atoms with Gasteiger partial charge in [0.1, 0.15) is 5.75 Å². The molecule has 1 amide bonds. The number of rotatable bonds is 8. The summed E-state index contributed by atoms with van der Waals surface area (Å²) >= 11 is 9.19. The summed E-state index contributed by atoms with van der Waals surface area (Å²) in [4.78, 5) is 24.5. The lowest BCUT2D eigenvalue weighted by atomic mass is 10.2. The van der Waals surface area contributed by atoms with E-state index >= 15 is 0 Å². The molecule has 170 valence electrons. The van der Waals surface area contributed by atoms with Crippen LogP contribution in [0.25, 0.3) is 0 Å². The van der Waals surface area contributed by atoms with Gasteiger partial charge < -0.3 is 14.2 Å². The monoisotopic (exact) mass is 530 g/mol. The molecule has 0 aliphatic carbocycles. The molecule has 7 nitrogen and oxygen atoms in total. The molecule has 3 rings (SSSR count). The Morgan fingerprint density at radius 2 is 1.73 bits per heavy atom. The summed E-state index contributed by atoms with van der Waals surface area (Å²) < 4.78 is 17.2. The minimum absolute atomic E-state index is 0.246. The number of nitrogens with one attached hydrogen (secondary N) is 1. The third-order valence-corrected chi connectivity index (χ3v) is 5.13. The Morgan fingerprint density at radius 1 is 1.03 bits per heavy atom. The molecule has 0 aliphatic heterocycles. The number of nitrogens with zero attached hydrogens (tertiary/aromatic N) is 1. The maximum Gasteiger partial charge on any atom is 0.343 e. The Bertz CT molecular complexity index is 1150. The van der Waals surface area contributed by atoms with Crippen LogP contribution in [0.1, 0.15) is 22.8 Å². The van der Waals surface area contributed by atoms with Crippen molar-refractivity contribution in [1.29, 1.82) is 0 Å². The standard InChI is InChI=1S/C24H20BrClN2O5/c1-15(32-20-10-6-18(25)7-11-20)23(29)28-27-14-16-3-12-21(22(13-16)31-2)33-24(30)17-4-8-19(26)9-5-17/h3-15H,1-2H3,(H,28,29)/b27-14+. The lowest BCUT2D eigenvalue weighted by Gasteiger charge is -2.13. The second-order valence-electron chi connectivity index (χ2n) is 6.75. The molecule has 0 saturated carbocycles. The Morgan fingerprint density at radius 3 is 2.39 bits per heavy atom. The van der Waals surface area contributed by atoms with Crippen molar-refractivity contribution in [1.82, 2.24) is 5.43 Å². The highest BCUT2D eigenvalue weighted by atomic mass is 79.9. The average Bonchev–Trinajstić information content (AvgIpc) is 2.81. The minimum atomic E-state index is -0.743. The topological polar surface area (TPSA) is 86.2 Å². The van der Waals surface area contributed by atoms with Gasteiger partial charge in [-0.3, -0.25) is 4.79 Å². The van der Waals surface area contributed by atoms with E-state index in [9.17, 15) is 9.59 Å². The molecular formula is C24H20BrClN2O5. The van der Waals surface area contributed by atoms with E-state index in [1.165, 1.54) is 13.3 Å². The van der Waals surface area contributed by atoms with Crippen LogP contribution in [-0.4, -0.2) is 31.3 Å². The van der Waals surface area contributed by atoms with Gasteiger partial charge in [-0.15, -0.1) is 0 Å². The number of hydrogen-bond donors (Lipinski definition) is 1. The van der Waals surface area contributed by atoms with E-state index in [1.807, 2.05) is 12.1 Å². The second kappa shape index (κ2) is 11.5. The Kier molecular flexibility index (Phi) is 8.46. The normalized spacial score (nSPS) is 11.6. The number of hydrazone groups is 1. The molecule has 0 aromatic heterocycles. The summed E-state index contributed by atoms with van der Waals surface area (Å²) in [6, 6.07) is 18.4. The molecule has 0 spiro atoms. The van der Waals surface area contributed by atoms with Crippen LogP contribution < -0.4 is 19.6 Å². The van der Waals surface area contributed by atoms with Crippen molar-refractivity contribution in [3.8, 4) is 17.2 Å². The van der Waals surface area contributed by atoms with Gasteiger partial charge in [0, 0.05) is 9.50 Å². The van der Waals surface area contributed by atoms with E-state index in [0.29, 0.717) is 27.6 Å². The first kappa shape index (κ1) is 24.3. The van der Waals surface area contributed by atoms with Crippen LogP contribution in [0.2, 0.25) is 5.02 Å². The van der Waals surface area contributed by atoms with Gasteiger partial charge >= 0.3 is 5.97 Å². The highest BCUT2D eigenvalue weighted by Gasteiger charge is 2.15. The molecule has 0 fully saturated rings. The van der Waals surface area contributed by atoms with Crippen molar-refractivity contribution in [2.24, 2.45) is 5.10 Å². The van der Waals surface area contributed by atoms with E-state index in [4.69, 9.17) is 25.8 Å². The Balaban J connectivity index is 1.59. The summed E-state index contributed by atoms with van der Waals surface area (Å²) in [5.74, 6) is 0.195. The first-order valence-electron chi connectivity index (χ1n) is 9.76. The average molecular weight is 532 g/mol. The first-order valence-corrected chi connectivity index (χ1v) is 10.9. The molecule has 3 aromatic carbocycles. The fourth-order valence-electron chi connectivity index (χ4n) is 2.63. The number of esters is 1.